The van der Waals surface area contributed by atoms with Gasteiger partial charge in [0, 0.05) is 36.2 Å². The minimum absolute atomic E-state index is 0.0366. The van der Waals surface area contributed by atoms with Gasteiger partial charge in [-0.05, 0) is 31.1 Å². The summed E-state index contributed by atoms with van der Waals surface area (Å²) in [5, 5.41) is 42.7. The number of cyclic esters (lactones) is 1. The first-order valence-corrected chi connectivity index (χ1v) is 14.1. The highest BCUT2D eigenvalue weighted by Gasteiger charge is 2.31. The van der Waals surface area contributed by atoms with Gasteiger partial charge in [0.05, 0.1) is 24.4 Å². The lowest BCUT2D eigenvalue weighted by Crippen LogP contribution is -2.37. The number of esters is 1. The molecular formula is C32H52O6. The minimum Gasteiger partial charge on any atom is -0.458 e. The first kappa shape index (κ1) is 34.0. The van der Waals surface area contributed by atoms with Crippen LogP contribution in [-0.2, 0) is 9.53 Å². The molecule has 0 spiro atoms. The molecular weight excluding hydrogens is 480 g/mol. The lowest BCUT2D eigenvalue weighted by molar-refractivity contribution is -0.150. The van der Waals surface area contributed by atoms with Crippen LogP contribution in [-0.4, -0.2) is 56.9 Å². The van der Waals surface area contributed by atoms with Gasteiger partial charge in [0.1, 0.15) is 6.10 Å². The van der Waals surface area contributed by atoms with Crippen molar-refractivity contribution in [2.45, 2.75) is 97.7 Å². The third kappa shape index (κ3) is 12.2. The fourth-order valence-electron chi connectivity index (χ4n) is 5.04. The van der Waals surface area contributed by atoms with E-state index in [1.807, 2.05) is 52.8 Å². The molecule has 1 aliphatic heterocycles. The Hall–Kier alpha value is -1.99. The molecule has 0 fully saturated rings. The molecule has 6 heteroatoms. The van der Waals surface area contributed by atoms with Crippen molar-refractivity contribution in [3.63, 3.8) is 0 Å². The Morgan fingerprint density at radius 2 is 1.61 bits per heavy atom. The van der Waals surface area contributed by atoms with E-state index in [4.69, 9.17) is 4.74 Å². The molecule has 4 N–H and O–H groups in total. The zero-order chi connectivity index (χ0) is 28.8. The second kappa shape index (κ2) is 17.6. The van der Waals surface area contributed by atoms with Crippen molar-refractivity contribution in [1.82, 2.24) is 0 Å². The highest BCUT2D eigenvalue weighted by atomic mass is 16.5. The smallest absolute Gasteiger partial charge is 0.331 e. The Labute approximate surface area is 230 Å². The molecule has 0 aromatic rings. The van der Waals surface area contributed by atoms with Crippen molar-refractivity contribution in [1.29, 1.82) is 0 Å². The largest absolute Gasteiger partial charge is 0.458 e. The minimum atomic E-state index is -0.828. The number of hydrogen-bond acceptors (Lipinski definition) is 6. The molecule has 1 rings (SSSR count). The molecule has 0 amide bonds. The Balaban J connectivity index is 3.17. The van der Waals surface area contributed by atoms with Crippen molar-refractivity contribution in [3.8, 4) is 0 Å². The predicted molar refractivity (Wildman–Crippen MR) is 154 cm³/mol. The monoisotopic (exact) mass is 532 g/mol. The Morgan fingerprint density at radius 1 is 0.921 bits per heavy atom. The molecule has 0 aromatic heterocycles. The van der Waals surface area contributed by atoms with E-state index >= 15 is 0 Å². The van der Waals surface area contributed by atoms with Gasteiger partial charge in [0.15, 0.2) is 0 Å². The highest BCUT2D eigenvalue weighted by molar-refractivity contribution is 5.82. The molecule has 216 valence electrons. The van der Waals surface area contributed by atoms with Crippen LogP contribution in [0.15, 0.2) is 61.3 Å². The lowest BCUT2D eigenvalue weighted by Gasteiger charge is -2.31. The van der Waals surface area contributed by atoms with Gasteiger partial charge in [-0.25, -0.2) is 4.79 Å². The van der Waals surface area contributed by atoms with Crippen molar-refractivity contribution in [3.05, 3.63) is 61.3 Å². The summed E-state index contributed by atoms with van der Waals surface area (Å²) in [5.41, 5.74) is 0. The van der Waals surface area contributed by atoms with Gasteiger partial charge in [-0.2, -0.15) is 0 Å². The molecule has 38 heavy (non-hydrogen) atoms. The molecule has 1 heterocycles. The summed E-state index contributed by atoms with van der Waals surface area (Å²) < 4.78 is 5.81. The van der Waals surface area contributed by atoms with E-state index in [9.17, 15) is 25.2 Å². The average Bonchev–Trinajstić information content (AvgIpc) is 2.88. The lowest BCUT2D eigenvalue weighted by atomic mass is 9.82. The van der Waals surface area contributed by atoms with Crippen LogP contribution in [0.1, 0.15) is 67.2 Å². The van der Waals surface area contributed by atoms with Crippen LogP contribution in [0.25, 0.3) is 0 Å². The van der Waals surface area contributed by atoms with Gasteiger partial charge < -0.3 is 25.2 Å². The van der Waals surface area contributed by atoms with Crippen molar-refractivity contribution >= 4 is 5.97 Å². The predicted octanol–water partition coefficient (Wildman–Crippen LogP) is 5.14. The van der Waals surface area contributed by atoms with Gasteiger partial charge in [0.25, 0.3) is 0 Å². The summed E-state index contributed by atoms with van der Waals surface area (Å²) in [6.07, 6.45) is 14.2. The van der Waals surface area contributed by atoms with Crippen LogP contribution < -0.4 is 0 Å². The first-order valence-electron chi connectivity index (χ1n) is 14.1. The molecule has 1 aliphatic rings. The summed E-state index contributed by atoms with van der Waals surface area (Å²) in [5.74, 6) is -0.976. The number of carbonyl (C=O) groups is 1. The van der Waals surface area contributed by atoms with Gasteiger partial charge in [-0.15, -0.1) is 0 Å². The van der Waals surface area contributed by atoms with E-state index in [0.29, 0.717) is 6.42 Å². The second-order valence-corrected chi connectivity index (χ2v) is 11.4. The van der Waals surface area contributed by atoms with Gasteiger partial charge in [-0.1, -0.05) is 96.7 Å². The average molecular weight is 533 g/mol. The maximum atomic E-state index is 12.6. The van der Waals surface area contributed by atoms with Gasteiger partial charge >= 0.3 is 5.97 Å². The van der Waals surface area contributed by atoms with Crippen LogP contribution in [0.3, 0.4) is 0 Å². The third-order valence-corrected chi connectivity index (χ3v) is 7.78. The van der Waals surface area contributed by atoms with Crippen LogP contribution in [0, 0.1) is 35.5 Å². The molecule has 1 unspecified atom stereocenters. The third-order valence-electron chi connectivity index (χ3n) is 7.78. The van der Waals surface area contributed by atoms with Crippen molar-refractivity contribution in [2.75, 3.05) is 0 Å². The Kier molecular flexibility index (Phi) is 15.7. The van der Waals surface area contributed by atoms with Crippen LogP contribution in [0.4, 0.5) is 0 Å². The number of ether oxygens (including phenoxy) is 1. The van der Waals surface area contributed by atoms with Gasteiger partial charge in [0.2, 0.25) is 0 Å². The quantitative estimate of drug-likeness (QED) is 0.228. The maximum absolute atomic E-state index is 12.6. The van der Waals surface area contributed by atoms with E-state index in [-0.39, 0.29) is 41.9 Å². The van der Waals surface area contributed by atoms with E-state index in [1.54, 1.807) is 30.4 Å². The topological polar surface area (TPSA) is 107 Å². The number of allylic oxidation sites excluding steroid dienone is 4. The first-order chi connectivity index (χ1) is 17.9. The van der Waals surface area contributed by atoms with E-state index in [0.717, 1.165) is 12.8 Å². The highest BCUT2D eigenvalue weighted by Crippen LogP contribution is 2.28. The van der Waals surface area contributed by atoms with E-state index in [1.165, 1.54) is 6.08 Å². The summed E-state index contributed by atoms with van der Waals surface area (Å²) in [7, 11) is 0. The second-order valence-electron chi connectivity index (χ2n) is 11.4. The summed E-state index contributed by atoms with van der Waals surface area (Å²) in [6, 6.07) is 0. The number of aliphatic hydroxyl groups is 4. The zero-order valence-electron chi connectivity index (χ0n) is 24.2. The molecule has 6 nitrogen and oxygen atoms in total. The maximum Gasteiger partial charge on any atom is 0.331 e. The molecule has 11 atom stereocenters. The van der Waals surface area contributed by atoms with Crippen molar-refractivity contribution < 1.29 is 30.0 Å². The number of hydrogen-bond donors (Lipinski definition) is 4. The standard InChI is InChI=1S/C32H52O6/c1-8-9-12-24(5)32-26(7)28(34)18-15-21(2)19-25(6)31(37)23(4)16-17-27(33)20-29(35)22(3)13-10-11-14-30(36)38-32/h8-14,16-17,21-29,31-35,37H,1,15,18-20H2,2-7H3/b12-9-,13-10+,14-11-,17-16-/t21-,22+,23+,24-,25-,26-,27?,28+,29-,31+,32-/m0/s1. The molecule has 0 saturated heterocycles. The fraction of sp³-hybridized carbons (Fsp3) is 0.656. The van der Waals surface area contributed by atoms with Crippen LogP contribution >= 0.6 is 0 Å². The Morgan fingerprint density at radius 3 is 2.26 bits per heavy atom. The van der Waals surface area contributed by atoms with Crippen LogP contribution in [0.2, 0.25) is 0 Å². The molecule has 0 aromatic carbocycles. The molecule has 0 bridgehead atoms. The number of rotatable bonds is 3. The molecule has 0 aliphatic carbocycles. The summed E-state index contributed by atoms with van der Waals surface area (Å²) >= 11 is 0. The van der Waals surface area contributed by atoms with Crippen molar-refractivity contribution in [2.24, 2.45) is 35.5 Å². The molecule has 0 radical (unpaired) electrons. The number of aliphatic hydroxyl groups excluding tert-OH is 4. The summed E-state index contributed by atoms with van der Waals surface area (Å²) in [4.78, 5) is 12.6. The molecule has 0 saturated carbocycles. The zero-order valence-corrected chi connectivity index (χ0v) is 24.2. The van der Waals surface area contributed by atoms with E-state index in [2.05, 4.69) is 13.5 Å². The SMILES string of the molecule is C=C/C=C\[C@H](C)[C@@H]1OC(=O)/C=C\C=C\[C@@H](C)[C@@H](O)CC(O)/C=C\[C@@H](C)[C@@H](O)[C@@H](C)C[C@@H](C)CC[C@@H](O)[C@@H]1C. The fourth-order valence-corrected chi connectivity index (χ4v) is 5.04. The van der Waals surface area contributed by atoms with Crippen LogP contribution in [0.5, 0.6) is 0 Å². The normalized spacial score (nSPS) is 40.7. The van der Waals surface area contributed by atoms with Gasteiger partial charge in [-0.3, -0.25) is 0 Å². The number of carbonyl (C=O) groups excluding carboxylic acids is 1. The van der Waals surface area contributed by atoms with E-state index < -0.39 is 36.5 Å². The summed E-state index contributed by atoms with van der Waals surface area (Å²) in [6.45, 7) is 15.5. The Bertz CT molecular complexity index is 815.